The average Bonchev–Trinajstić information content (AvgIpc) is 2.85. The van der Waals surface area contributed by atoms with Crippen LogP contribution in [0.15, 0.2) is 18.5 Å². The molecule has 0 aliphatic carbocycles. The van der Waals surface area contributed by atoms with Gasteiger partial charge in [-0.1, -0.05) is 0 Å². The minimum atomic E-state index is 0.0695. The lowest BCUT2D eigenvalue weighted by molar-refractivity contribution is 0.0790. The summed E-state index contributed by atoms with van der Waals surface area (Å²) < 4.78 is 1.74. The molecule has 0 unspecified atom stereocenters. The third-order valence-corrected chi connectivity index (χ3v) is 4.04. The molecule has 0 fully saturated rings. The van der Waals surface area contributed by atoms with Gasteiger partial charge in [0.15, 0.2) is 0 Å². The molecule has 0 atom stereocenters. The smallest absolute Gasteiger partial charge is 0.263 e. The Morgan fingerprint density at radius 3 is 2.72 bits per heavy atom. The van der Waals surface area contributed by atoms with Crippen LogP contribution in [0.5, 0.6) is 0 Å². The number of hydrogen-bond donors (Lipinski definition) is 0. The highest BCUT2D eigenvalue weighted by atomic mass is 32.1. The van der Waals surface area contributed by atoms with Crippen LogP contribution in [-0.4, -0.2) is 27.6 Å². The molecule has 0 spiro atoms. The van der Waals surface area contributed by atoms with Crippen molar-refractivity contribution in [1.82, 2.24) is 14.7 Å². The lowest BCUT2D eigenvalue weighted by Gasteiger charge is -2.14. The van der Waals surface area contributed by atoms with Crippen LogP contribution in [0.4, 0.5) is 0 Å². The topological polar surface area (TPSA) is 38.1 Å². The quantitative estimate of drug-likeness (QED) is 0.852. The summed E-state index contributed by atoms with van der Waals surface area (Å²) in [6, 6.07) is 1.96. The summed E-state index contributed by atoms with van der Waals surface area (Å²) in [5.41, 5.74) is 2.22. The minimum Gasteiger partial charge on any atom is -0.337 e. The molecular weight excluding hydrogens is 246 g/mol. The van der Waals surface area contributed by atoms with E-state index in [1.165, 1.54) is 10.4 Å². The van der Waals surface area contributed by atoms with Gasteiger partial charge < -0.3 is 4.90 Å². The van der Waals surface area contributed by atoms with E-state index in [0.717, 1.165) is 10.4 Å². The number of carbonyl (C=O) groups is 1. The van der Waals surface area contributed by atoms with Crippen LogP contribution in [0.2, 0.25) is 0 Å². The van der Waals surface area contributed by atoms with Gasteiger partial charge in [-0.2, -0.15) is 5.10 Å². The van der Waals surface area contributed by atoms with E-state index < -0.39 is 0 Å². The number of aromatic nitrogens is 2. The summed E-state index contributed by atoms with van der Waals surface area (Å²) in [5.74, 6) is 0.0695. The Hall–Kier alpha value is -1.62. The first-order valence-corrected chi connectivity index (χ1v) is 6.59. The standard InChI is InChI=1S/C13H17N3OS/c1-9-5-12(18-10(9)2)13(17)15(3)7-11-6-14-16(4)8-11/h5-6,8H,7H2,1-4H3. The normalized spacial score (nSPS) is 10.7. The highest BCUT2D eigenvalue weighted by molar-refractivity contribution is 7.14. The van der Waals surface area contributed by atoms with Gasteiger partial charge in [0.2, 0.25) is 0 Å². The Balaban J connectivity index is 2.09. The zero-order valence-electron chi connectivity index (χ0n) is 11.1. The predicted molar refractivity (Wildman–Crippen MR) is 72.8 cm³/mol. The summed E-state index contributed by atoms with van der Waals surface area (Å²) in [7, 11) is 3.69. The van der Waals surface area contributed by atoms with Gasteiger partial charge in [0.25, 0.3) is 5.91 Å². The van der Waals surface area contributed by atoms with E-state index in [9.17, 15) is 4.79 Å². The monoisotopic (exact) mass is 263 g/mol. The maximum atomic E-state index is 12.2. The van der Waals surface area contributed by atoms with Gasteiger partial charge in [-0.3, -0.25) is 9.48 Å². The molecule has 0 saturated heterocycles. The summed E-state index contributed by atoms with van der Waals surface area (Å²) in [4.78, 5) is 16.0. The highest BCUT2D eigenvalue weighted by Gasteiger charge is 2.15. The van der Waals surface area contributed by atoms with E-state index in [1.54, 1.807) is 27.1 Å². The van der Waals surface area contributed by atoms with Crippen molar-refractivity contribution in [2.45, 2.75) is 20.4 Å². The molecule has 2 rings (SSSR count). The number of rotatable bonds is 3. The number of carbonyl (C=O) groups excluding carboxylic acids is 1. The van der Waals surface area contributed by atoms with Crippen LogP contribution in [0.3, 0.4) is 0 Å². The van der Waals surface area contributed by atoms with Crippen molar-refractivity contribution in [3.63, 3.8) is 0 Å². The second kappa shape index (κ2) is 4.94. The maximum absolute atomic E-state index is 12.2. The average molecular weight is 263 g/mol. The molecule has 1 amide bonds. The molecule has 0 bridgehead atoms. The lowest BCUT2D eigenvalue weighted by Crippen LogP contribution is -2.25. The van der Waals surface area contributed by atoms with Crippen LogP contribution in [0, 0.1) is 13.8 Å². The van der Waals surface area contributed by atoms with E-state index >= 15 is 0 Å². The SMILES string of the molecule is Cc1cc(C(=O)N(C)Cc2cnn(C)c2)sc1C. The number of nitrogens with zero attached hydrogens (tertiary/aromatic N) is 3. The van der Waals surface area contributed by atoms with Gasteiger partial charge in [0.1, 0.15) is 0 Å². The van der Waals surface area contributed by atoms with Crippen molar-refractivity contribution in [2.24, 2.45) is 7.05 Å². The second-order valence-corrected chi connectivity index (χ2v) is 5.79. The van der Waals surface area contributed by atoms with Crippen LogP contribution in [0.1, 0.15) is 25.7 Å². The van der Waals surface area contributed by atoms with Gasteiger partial charge in [-0.25, -0.2) is 0 Å². The molecule has 96 valence electrons. The number of amides is 1. The summed E-state index contributed by atoms with van der Waals surface area (Å²) in [6.45, 7) is 4.66. The Morgan fingerprint density at radius 1 is 1.50 bits per heavy atom. The Kier molecular flexibility index (Phi) is 3.52. The fraction of sp³-hybridized carbons (Fsp3) is 0.385. The summed E-state index contributed by atoms with van der Waals surface area (Å²) >= 11 is 1.55. The predicted octanol–water partition coefficient (Wildman–Crippen LogP) is 2.37. The van der Waals surface area contributed by atoms with Crippen molar-refractivity contribution in [3.8, 4) is 0 Å². The number of thiophene rings is 1. The molecule has 0 aliphatic rings. The van der Waals surface area contributed by atoms with Gasteiger partial charge in [-0.05, 0) is 25.5 Å². The first kappa shape index (κ1) is 12.8. The third kappa shape index (κ3) is 2.61. The van der Waals surface area contributed by atoms with Crippen LogP contribution >= 0.6 is 11.3 Å². The zero-order chi connectivity index (χ0) is 13.3. The molecule has 5 heteroatoms. The number of hydrogen-bond acceptors (Lipinski definition) is 3. The summed E-state index contributed by atoms with van der Waals surface area (Å²) in [5, 5.41) is 4.10. The van der Waals surface area contributed by atoms with Crippen molar-refractivity contribution < 1.29 is 4.79 Å². The first-order valence-electron chi connectivity index (χ1n) is 5.77. The van der Waals surface area contributed by atoms with Crippen molar-refractivity contribution in [1.29, 1.82) is 0 Å². The number of aryl methyl sites for hydroxylation is 3. The molecule has 4 nitrogen and oxygen atoms in total. The first-order chi connectivity index (χ1) is 8.47. The molecular formula is C13H17N3OS. The van der Waals surface area contributed by atoms with Crippen LogP contribution < -0.4 is 0 Å². The molecule has 18 heavy (non-hydrogen) atoms. The Labute approximate surface area is 111 Å². The second-order valence-electron chi connectivity index (χ2n) is 4.53. The van der Waals surface area contributed by atoms with E-state index in [-0.39, 0.29) is 5.91 Å². The van der Waals surface area contributed by atoms with E-state index in [2.05, 4.69) is 5.10 Å². The van der Waals surface area contributed by atoms with Crippen molar-refractivity contribution >= 4 is 17.2 Å². The molecule has 0 radical (unpaired) electrons. The molecule has 2 aromatic heterocycles. The van der Waals surface area contributed by atoms with Crippen molar-refractivity contribution in [2.75, 3.05) is 7.05 Å². The van der Waals surface area contributed by atoms with Crippen LogP contribution in [-0.2, 0) is 13.6 Å². The van der Waals surface area contributed by atoms with E-state index in [4.69, 9.17) is 0 Å². The summed E-state index contributed by atoms with van der Waals surface area (Å²) in [6.07, 6.45) is 3.71. The highest BCUT2D eigenvalue weighted by Crippen LogP contribution is 2.22. The molecule has 0 aromatic carbocycles. The zero-order valence-corrected chi connectivity index (χ0v) is 11.9. The molecule has 0 N–H and O–H groups in total. The molecule has 0 aliphatic heterocycles. The molecule has 0 saturated carbocycles. The van der Waals surface area contributed by atoms with Crippen molar-refractivity contribution in [3.05, 3.63) is 39.3 Å². The largest absolute Gasteiger partial charge is 0.337 e. The Bertz CT molecular complexity index is 551. The molecule has 2 aromatic rings. The maximum Gasteiger partial charge on any atom is 0.263 e. The Morgan fingerprint density at radius 2 is 2.22 bits per heavy atom. The molecule has 2 heterocycles. The van der Waals surface area contributed by atoms with Gasteiger partial charge in [0, 0.05) is 37.3 Å². The fourth-order valence-corrected chi connectivity index (χ4v) is 2.79. The van der Waals surface area contributed by atoms with E-state index in [1.807, 2.05) is 40.2 Å². The van der Waals surface area contributed by atoms with Gasteiger partial charge >= 0.3 is 0 Å². The fourth-order valence-electron chi connectivity index (χ4n) is 1.77. The third-order valence-electron chi connectivity index (χ3n) is 2.90. The van der Waals surface area contributed by atoms with Gasteiger partial charge in [0.05, 0.1) is 11.1 Å². The lowest BCUT2D eigenvalue weighted by atomic mass is 10.2. The van der Waals surface area contributed by atoms with Gasteiger partial charge in [-0.15, -0.1) is 11.3 Å². The minimum absolute atomic E-state index is 0.0695. The van der Waals surface area contributed by atoms with Crippen LogP contribution in [0.25, 0.3) is 0 Å². The van der Waals surface area contributed by atoms with E-state index in [0.29, 0.717) is 6.54 Å².